The standard InChI is InChI=1S/C20H26F3N3O2/c1-3-24-19(27)26(11-6-12-28-2)15-18-9-5-10-25(18)14-16-7-4-8-17(13-16)20(21,22)23/h4-5,7-10,13H,3,6,11-12,14-15H2,1-2H3,(H,24,27). The van der Waals surface area contributed by atoms with Crippen LogP contribution in [0.1, 0.15) is 30.2 Å². The van der Waals surface area contributed by atoms with E-state index in [4.69, 9.17) is 4.74 Å². The smallest absolute Gasteiger partial charge is 0.385 e. The van der Waals surface area contributed by atoms with E-state index in [9.17, 15) is 18.0 Å². The van der Waals surface area contributed by atoms with Crippen molar-refractivity contribution >= 4 is 6.03 Å². The number of carbonyl (C=O) groups excluding carboxylic acids is 1. The van der Waals surface area contributed by atoms with Crippen LogP contribution in [-0.2, 0) is 24.0 Å². The number of hydrogen-bond acceptors (Lipinski definition) is 2. The molecule has 0 atom stereocenters. The number of carbonyl (C=O) groups is 1. The molecule has 5 nitrogen and oxygen atoms in total. The molecule has 0 fully saturated rings. The Morgan fingerprint density at radius 3 is 2.71 bits per heavy atom. The Morgan fingerprint density at radius 2 is 2.04 bits per heavy atom. The number of methoxy groups -OCH3 is 1. The zero-order chi connectivity index (χ0) is 20.6. The van der Waals surface area contributed by atoms with E-state index in [1.165, 1.54) is 6.07 Å². The Morgan fingerprint density at radius 1 is 1.25 bits per heavy atom. The lowest BCUT2D eigenvalue weighted by atomic mass is 10.1. The molecule has 0 saturated carbocycles. The van der Waals surface area contributed by atoms with Crippen molar-refractivity contribution in [3.8, 4) is 0 Å². The number of aromatic nitrogens is 1. The molecule has 0 aliphatic rings. The highest BCUT2D eigenvalue weighted by Crippen LogP contribution is 2.29. The third kappa shape index (κ3) is 6.30. The molecular weight excluding hydrogens is 371 g/mol. The molecule has 2 rings (SSSR count). The molecule has 0 spiro atoms. The lowest BCUT2D eigenvalue weighted by Crippen LogP contribution is -2.40. The van der Waals surface area contributed by atoms with Crippen molar-refractivity contribution in [1.29, 1.82) is 0 Å². The molecule has 2 aromatic rings. The average Bonchev–Trinajstić information content (AvgIpc) is 3.07. The first kappa shape index (κ1) is 21.8. The van der Waals surface area contributed by atoms with Gasteiger partial charge >= 0.3 is 12.2 Å². The van der Waals surface area contributed by atoms with E-state index in [-0.39, 0.29) is 6.03 Å². The van der Waals surface area contributed by atoms with E-state index < -0.39 is 11.7 Å². The van der Waals surface area contributed by atoms with Crippen LogP contribution in [0, 0.1) is 0 Å². The molecule has 28 heavy (non-hydrogen) atoms. The fraction of sp³-hybridized carbons (Fsp3) is 0.450. The number of halogens is 3. The first-order valence-electron chi connectivity index (χ1n) is 9.17. The lowest BCUT2D eigenvalue weighted by Gasteiger charge is -2.24. The van der Waals surface area contributed by atoms with Crippen LogP contribution in [0.25, 0.3) is 0 Å². The van der Waals surface area contributed by atoms with Gasteiger partial charge in [-0.3, -0.25) is 0 Å². The Kier molecular flexibility index (Phi) is 7.92. The number of ether oxygens (including phenoxy) is 1. The van der Waals surface area contributed by atoms with Gasteiger partial charge in [0.2, 0.25) is 0 Å². The van der Waals surface area contributed by atoms with E-state index in [1.807, 2.05) is 23.6 Å². The van der Waals surface area contributed by atoms with Crippen LogP contribution in [0.3, 0.4) is 0 Å². The molecule has 0 radical (unpaired) electrons. The van der Waals surface area contributed by atoms with Gasteiger partial charge in [-0.15, -0.1) is 0 Å². The Bertz CT molecular complexity index is 759. The van der Waals surface area contributed by atoms with E-state index >= 15 is 0 Å². The summed E-state index contributed by atoms with van der Waals surface area (Å²) in [4.78, 5) is 14.0. The first-order chi connectivity index (χ1) is 13.3. The van der Waals surface area contributed by atoms with Crippen molar-refractivity contribution in [2.24, 2.45) is 0 Å². The first-order valence-corrected chi connectivity index (χ1v) is 9.17. The van der Waals surface area contributed by atoms with Crippen LogP contribution in [0.2, 0.25) is 0 Å². The number of amides is 2. The van der Waals surface area contributed by atoms with Crippen LogP contribution in [0.15, 0.2) is 42.6 Å². The third-order valence-electron chi connectivity index (χ3n) is 4.28. The molecule has 1 N–H and O–H groups in total. The number of nitrogens with zero attached hydrogens (tertiary/aromatic N) is 2. The zero-order valence-corrected chi connectivity index (χ0v) is 16.1. The maximum atomic E-state index is 12.9. The van der Waals surface area contributed by atoms with E-state index in [0.717, 1.165) is 17.8 Å². The SMILES string of the molecule is CCNC(=O)N(CCCOC)Cc1cccn1Cc1cccc(C(F)(F)F)c1. The van der Waals surface area contributed by atoms with Crippen LogP contribution >= 0.6 is 0 Å². The van der Waals surface area contributed by atoms with Gasteiger partial charge in [-0.05, 0) is 43.2 Å². The summed E-state index contributed by atoms with van der Waals surface area (Å²) in [7, 11) is 1.61. The molecule has 0 saturated heterocycles. The second-order valence-corrected chi connectivity index (χ2v) is 6.43. The number of benzene rings is 1. The number of nitrogens with one attached hydrogen (secondary N) is 1. The minimum absolute atomic E-state index is 0.176. The summed E-state index contributed by atoms with van der Waals surface area (Å²) in [6.07, 6.45) is -1.87. The quantitative estimate of drug-likeness (QED) is 0.647. The number of rotatable bonds is 9. The average molecular weight is 397 g/mol. The summed E-state index contributed by atoms with van der Waals surface area (Å²) >= 11 is 0. The van der Waals surface area contributed by atoms with Crippen LogP contribution in [0.5, 0.6) is 0 Å². The van der Waals surface area contributed by atoms with Gasteiger partial charge in [0.15, 0.2) is 0 Å². The lowest BCUT2D eigenvalue weighted by molar-refractivity contribution is -0.137. The highest BCUT2D eigenvalue weighted by molar-refractivity contribution is 5.74. The molecule has 154 valence electrons. The van der Waals surface area contributed by atoms with Crippen molar-refractivity contribution in [1.82, 2.24) is 14.8 Å². The van der Waals surface area contributed by atoms with Crippen LogP contribution in [0.4, 0.5) is 18.0 Å². The second kappa shape index (κ2) is 10.2. The van der Waals surface area contributed by atoms with Gasteiger partial charge in [-0.2, -0.15) is 13.2 Å². The fourth-order valence-corrected chi connectivity index (χ4v) is 2.90. The van der Waals surface area contributed by atoms with E-state index in [0.29, 0.717) is 44.8 Å². The van der Waals surface area contributed by atoms with Gasteiger partial charge in [0, 0.05) is 45.2 Å². The second-order valence-electron chi connectivity index (χ2n) is 6.43. The monoisotopic (exact) mass is 397 g/mol. The number of urea groups is 1. The normalized spacial score (nSPS) is 11.5. The van der Waals surface area contributed by atoms with Gasteiger partial charge in [-0.1, -0.05) is 12.1 Å². The maximum Gasteiger partial charge on any atom is 0.416 e. The molecule has 8 heteroatoms. The maximum absolute atomic E-state index is 12.9. The van der Waals surface area contributed by atoms with Crippen molar-refractivity contribution in [2.75, 3.05) is 26.8 Å². The Balaban J connectivity index is 2.13. The molecule has 1 heterocycles. The van der Waals surface area contributed by atoms with Crippen molar-refractivity contribution in [3.05, 3.63) is 59.4 Å². The largest absolute Gasteiger partial charge is 0.416 e. The summed E-state index contributed by atoms with van der Waals surface area (Å²) in [5.41, 5.74) is 0.736. The summed E-state index contributed by atoms with van der Waals surface area (Å²) in [5, 5.41) is 2.79. The molecule has 0 bridgehead atoms. The van der Waals surface area contributed by atoms with Crippen molar-refractivity contribution < 1.29 is 22.7 Å². The third-order valence-corrected chi connectivity index (χ3v) is 4.28. The highest BCUT2D eigenvalue weighted by atomic mass is 19.4. The summed E-state index contributed by atoms with van der Waals surface area (Å²) in [6.45, 7) is 4.09. The summed E-state index contributed by atoms with van der Waals surface area (Å²) in [5.74, 6) is 0. The molecule has 0 unspecified atom stereocenters. The number of alkyl halides is 3. The summed E-state index contributed by atoms with van der Waals surface area (Å²) < 4.78 is 45.7. The van der Waals surface area contributed by atoms with Crippen LogP contribution < -0.4 is 5.32 Å². The predicted molar refractivity (Wildman–Crippen MR) is 101 cm³/mol. The molecule has 2 amide bonds. The van der Waals surface area contributed by atoms with Gasteiger partial charge in [-0.25, -0.2) is 4.79 Å². The van der Waals surface area contributed by atoms with Crippen molar-refractivity contribution in [2.45, 2.75) is 32.6 Å². The van der Waals surface area contributed by atoms with Crippen LogP contribution in [-0.4, -0.2) is 42.3 Å². The Hall–Kier alpha value is -2.48. The molecule has 0 aliphatic heterocycles. The highest BCUT2D eigenvalue weighted by Gasteiger charge is 2.30. The minimum atomic E-state index is -4.37. The fourth-order valence-electron chi connectivity index (χ4n) is 2.90. The minimum Gasteiger partial charge on any atom is -0.385 e. The predicted octanol–water partition coefficient (Wildman–Crippen LogP) is 4.12. The van der Waals surface area contributed by atoms with Gasteiger partial charge < -0.3 is 19.5 Å². The zero-order valence-electron chi connectivity index (χ0n) is 16.1. The molecule has 0 aliphatic carbocycles. The summed E-state index contributed by atoms with van der Waals surface area (Å²) in [6, 6.07) is 8.82. The van der Waals surface area contributed by atoms with E-state index in [2.05, 4.69) is 5.32 Å². The number of hydrogen-bond donors (Lipinski definition) is 1. The topological polar surface area (TPSA) is 46.5 Å². The molecule has 1 aromatic carbocycles. The molecule has 1 aromatic heterocycles. The van der Waals surface area contributed by atoms with Crippen molar-refractivity contribution in [3.63, 3.8) is 0 Å². The van der Waals surface area contributed by atoms with Gasteiger partial charge in [0.25, 0.3) is 0 Å². The van der Waals surface area contributed by atoms with Gasteiger partial charge in [0.05, 0.1) is 12.1 Å². The van der Waals surface area contributed by atoms with Gasteiger partial charge in [0.1, 0.15) is 0 Å². The Labute approximate surface area is 163 Å². The molecular formula is C20H26F3N3O2. The van der Waals surface area contributed by atoms with E-state index in [1.54, 1.807) is 24.3 Å².